The lowest BCUT2D eigenvalue weighted by atomic mass is 10.2. The summed E-state index contributed by atoms with van der Waals surface area (Å²) in [6.07, 6.45) is -0.726. The molecule has 3 aromatic rings. The number of hydrogen-bond donors (Lipinski definition) is 2. The van der Waals surface area contributed by atoms with Crippen LogP contribution in [-0.2, 0) is 9.84 Å². The minimum absolute atomic E-state index is 0.161. The quantitative estimate of drug-likeness (QED) is 0.279. The van der Waals surface area contributed by atoms with E-state index < -0.39 is 16.0 Å². The van der Waals surface area contributed by atoms with Crippen LogP contribution in [0.3, 0.4) is 0 Å². The third kappa shape index (κ3) is 6.03. The number of thiocarbonyl (C=S) groups is 1. The maximum absolute atomic E-state index is 12.6. The lowest BCUT2D eigenvalue weighted by Crippen LogP contribution is -2.31. The number of aliphatic imine (C=N–C) groups is 1. The van der Waals surface area contributed by atoms with Crippen molar-refractivity contribution in [1.82, 2.24) is 5.32 Å². The van der Waals surface area contributed by atoms with Gasteiger partial charge in [-0.15, -0.1) is 0 Å². The van der Waals surface area contributed by atoms with Crippen molar-refractivity contribution >= 4 is 61.6 Å². The van der Waals surface area contributed by atoms with E-state index in [9.17, 15) is 8.42 Å². The predicted molar refractivity (Wildman–Crippen MR) is 127 cm³/mol. The molecule has 0 saturated carbocycles. The van der Waals surface area contributed by atoms with E-state index in [2.05, 4.69) is 15.6 Å². The van der Waals surface area contributed by atoms with Gasteiger partial charge in [0.05, 0.1) is 15.6 Å². The van der Waals surface area contributed by atoms with Crippen molar-refractivity contribution in [3.63, 3.8) is 0 Å². The van der Waals surface area contributed by atoms with Crippen LogP contribution in [0.2, 0.25) is 10.0 Å². The molecule has 9 heteroatoms. The number of benzene rings is 3. The van der Waals surface area contributed by atoms with Gasteiger partial charge in [0.15, 0.2) is 5.11 Å². The topological polar surface area (TPSA) is 70.6 Å². The van der Waals surface area contributed by atoms with E-state index >= 15 is 0 Å². The first-order chi connectivity index (χ1) is 14.3. The fourth-order valence-electron chi connectivity index (χ4n) is 2.53. The van der Waals surface area contributed by atoms with Crippen molar-refractivity contribution in [1.29, 1.82) is 0 Å². The Balaban J connectivity index is 1.82. The molecule has 0 amide bonds. The van der Waals surface area contributed by atoms with E-state index in [1.165, 1.54) is 12.1 Å². The van der Waals surface area contributed by atoms with Crippen LogP contribution < -0.4 is 10.6 Å². The number of hydrogen-bond acceptors (Lipinski definition) is 4. The largest absolute Gasteiger partial charge is 0.337 e. The Kier molecular flexibility index (Phi) is 7.44. The summed E-state index contributed by atoms with van der Waals surface area (Å²) in [7, 11) is -3.70. The highest BCUT2D eigenvalue weighted by molar-refractivity contribution is 8.04. The molecule has 5 nitrogen and oxygen atoms in total. The number of rotatable bonds is 6. The summed E-state index contributed by atoms with van der Waals surface area (Å²) in [5.41, 5.74) is 2.24. The molecule has 0 heterocycles. The highest BCUT2D eigenvalue weighted by Gasteiger charge is 2.15. The van der Waals surface area contributed by atoms with Gasteiger partial charge in [-0.1, -0.05) is 71.7 Å². The summed E-state index contributed by atoms with van der Waals surface area (Å²) >= 11 is 17.5. The van der Waals surface area contributed by atoms with Gasteiger partial charge in [-0.05, 0) is 48.1 Å². The first kappa shape index (κ1) is 22.2. The minimum atomic E-state index is -3.70. The van der Waals surface area contributed by atoms with E-state index in [4.69, 9.17) is 35.4 Å². The molecule has 0 aliphatic rings. The standard InChI is InChI=1S/C21H17Cl2N3O2S2/c22-16-11-12-19(18(23)13-16)25-21(29)26-20(15-7-3-1-4-8-15)24-14-30(27,28)17-9-5-2-6-10-17/h1-14,20H,(H2,25,26,29)/t20-/m1/s1. The average Bonchev–Trinajstić information content (AvgIpc) is 2.74. The third-order valence-electron chi connectivity index (χ3n) is 3.98. The second-order valence-electron chi connectivity index (χ2n) is 6.15. The van der Waals surface area contributed by atoms with Gasteiger partial charge >= 0.3 is 0 Å². The molecule has 3 aromatic carbocycles. The molecule has 3 rings (SSSR count). The molecule has 0 radical (unpaired) electrons. The molecule has 0 unspecified atom stereocenters. The van der Waals surface area contributed by atoms with Gasteiger partial charge in [0.25, 0.3) is 0 Å². The first-order valence-electron chi connectivity index (χ1n) is 8.76. The van der Waals surface area contributed by atoms with Gasteiger partial charge in [-0.25, -0.2) is 8.42 Å². The Morgan fingerprint density at radius 2 is 1.60 bits per heavy atom. The van der Waals surface area contributed by atoms with Crippen LogP contribution in [0.25, 0.3) is 0 Å². The fraction of sp³-hybridized carbons (Fsp3) is 0.0476. The van der Waals surface area contributed by atoms with E-state index in [0.29, 0.717) is 15.7 Å². The van der Waals surface area contributed by atoms with Crippen LogP contribution in [0.1, 0.15) is 11.7 Å². The monoisotopic (exact) mass is 477 g/mol. The summed E-state index contributed by atoms with van der Waals surface area (Å²) in [4.78, 5) is 4.42. The second kappa shape index (κ2) is 10.0. The van der Waals surface area contributed by atoms with Crippen LogP contribution in [-0.4, -0.2) is 19.1 Å². The lowest BCUT2D eigenvalue weighted by molar-refractivity contribution is 0.607. The lowest BCUT2D eigenvalue weighted by Gasteiger charge is -2.18. The van der Waals surface area contributed by atoms with Crippen LogP contribution in [0.5, 0.6) is 0 Å². The first-order valence-corrected chi connectivity index (χ1v) is 11.5. The second-order valence-corrected chi connectivity index (χ2v) is 9.17. The van der Waals surface area contributed by atoms with E-state index in [1.54, 1.807) is 36.4 Å². The van der Waals surface area contributed by atoms with Crippen LogP contribution in [0, 0.1) is 0 Å². The molecule has 154 valence electrons. The molecule has 0 aromatic heterocycles. The van der Waals surface area contributed by atoms with E-state index in [0.717, 1.165) is 11.1 Å². The number of anilines is 1. The molecule has 1 atom stereocenters. The summed E-state index contributed by atoms with van der Waals surface area (Å²) in [6.45, 7) is 0. The summed E-state index contributed by atoms with van der Waals surface area (Å²) in [6, 6.07) is 22.2. The molecular formula is C21H17Cl2N3O2S2. The Morgan fingerprint density at radius 1 is 0.967 bits per heavy atom. The van der Waals surface area contributed by atoms with Gasteiger partial charge in [-0.2, -0.15) is 0 Å². The highest BCUT2D eigenvalue weighted by atomic mass is 35.5. The molecule has 0 fully saturated rings. The summed E-state index contributed by atoms with van der Waals surface area (Å²) in [5, 5.41) is 7.11. The van der Waals surface area contributed by atoms with Crippen molar-refractivity contribution in [2.24, 2.45) is 4.99 Å². The number of nitrogens with one attached hydrogen (secondary N) is 2. The number of halogens is 2. The maximum Gasteiger partial charge on any atom is 0.216 e. The van der Waals surface area contributed by atoms with Gasteiger partial charge < -0.3 is 10.6 Å². The zero-order chi connectivity index (χ0) is 21.6. The van der Waals surface area contributed by atoms with E-state index in [-0.39, 0.29) is 10.0 Å². The van der Waals surface area contributed by atoms with Gasteiger partial charge in [0.2, 0.25) is 9.84 Å². The Hall–Kier alpha value is -2.45. The number of nitrogens with zero attached hydrogens (tertiary/aromatic N) is 1. The fourth-order valence-corrected chi connectivity index (χ4v) is 4.14. The SMILES string of the molecule is O=S(=O)(C=N[C@H](NC(=S)Nc1ccc(Cl)cc1Cl)c1ccccc1)c1ccccc1. The molecule has 2 N–H and O–H groups in total. The van der Waals surface area contributed by atoms with Crippen molar-refractivity contribution < 1.29 is 8.42 Å². The van der Waals surface area contributed by atoms with Crippen LogP contribution in [0.15, 0.2) is 88.8 Å². The molecule has 0 aliphatic carbocycles. The van der Waals surface area contributed by atoms with Gasteiger partial charge in [0.1, 0.15) is 11.7 Å². The molecule has 0 saturated heterocycles. The van der Waals surface area contributed by atoms with Crippen molar-refractivity contribution in [2.75, 3.05) is 5.32 Å². The zero-order valence-electron chi connectivity index (χ0n) is 15.5. The Morgan fingerprint density at radius 3 is 2.23 bits per heavy atom. The molecular weight excluding hydrogens is 461 g/mol. The van der Waals surface area contributed by atoms with Crippen LogP contribution >= 0.6 is 35.4 Å². The maximum atomic E-state index is 12.6. The van der Waals surface area contributed by atoms with Crippen molar-refractivity contribution in [3.05, 3.63) is 94.5 Å². The van der Waals surface area contributed by atoms with Gasteiger partial charge in [0, 0.05) is 5.02 Å². The van der Waals surface area contributed by atoms with E-state index in [1.807, 2.05) is 30.3 Å². The summed E-state index contributed by atoms with van der Waals surface area (Å²) in [5.74, 6) is 0. The molecule has 0 bridgehead atoms. The normalized spacial score (nSPS) is 12.5. The van der Waals surface area contributed by atoms with Crippen molar-refractivity contribution in [3.8, 4) is 0 Å². The molecule has 30 heavy (non-hydrogen) atoms. The van der Waals surface area contributed by atoms with Gasteiger partial charge in [-0.3, -0.25) is 4.99 Å². The average molecular weight is 478 g/mol. The number of sulfone groups is 1. The smallest absolute Gasteiger partial charge is 0.216 e. The summed E-state index contributed by atoms with van der Waals surface area (Å²) < 4.78 is 25.1. The van der Waals surface area contributed by atoms with Crippen molar-refractivity contribution in [2.45, 2.75) is 11.1 Å². The van der Waals surface area contributed by atoms with Crippen LogP contribution in [0.4, 0.5) is 5.69 Å². The Labute approximate surface area is 190 Å². The molecule has 0 spiro atoms. The zero-order valence-corrected chi connectivity index (χ0v) is 18.6. The minimum Gasteiger partial charge on any atom is -0.337 e. The molecule has 0 aliphatic heterocycles. The highest BCUT2D eigenvalue weighted by Crippen LogP contribution is 2.25. The Bertz CT molecular complexity index is 1160. The predicted octanol–water partition coefficient (Wildman–Crippen LogP) is 5.48. The third-order valence-corrected chi connectivity index (χ3v) is 6.08.